The molecule has 0 unspecified atom stereocenters. The molecule has 2 heterocycles. The average Bonchev–Trinajstić information content (AvgIpc) is 3.04. The Morgan fingerprint density at radius 1 is 1.26 bits per heavy atom. The van der Waals surface area contributed by atoms with Gasteiger partial charge < -0.3 is 24.5 Å². The molecule has 0 atom stereocenters. The van der Waals surface area contributed by atoms with Gasteiger partial charge in [0.25, 0.3) is 5.91 Å². The van der Waals surface area contributed by atoms with Crippen LogP contribution in [-0.2, 0) is 28.5 Å². The van der Waals surface area contributed by atoms with Gasteiger partial charge in [0, 0.05) is 12.4 Å². The van der Waals surface area contributed by atoms with Crippen LogP contribution >= 0.6 is 11.6 Å². The third-order valence-corrected chi connectivity index (χ3v) is 6.25. The van der Waals surface area contributed by atoms with Crippen molar-refractivity contribution in [1.82, 2.24) is 9.88 Å². The first kappa shape index (κ1) is 21.2. The first-order chi connectivity index (χ1) is 14.8. The van der Waals surface area contributed by atoms with Crippen LogP contribution in [0.4, 0.5) is 0 Å². The first-order valence-electron chi connectivity index (χ1n) is 9.80. The van der Waals surface area contributed by atoms with Gasteiger partial charge in [-0.3, -0.25) is 9.59 Å². The van der Waals surface area contributed by atoms with E-state index in [-0.39, 0.29) is 12.3 Å². The van der Waals surface area contributed by atoms with E-state index in [0.29, 0.717) is 29.7 Å². The molecular weight excluding hydrogens is 420 g/mol. The van der Waals surface area contributed by atoms with Gasteiger partial charge in [-0.1, -0.05) is 29.8 Å². The van der Waals surface area contributed by atoms with Gasteiger partial charge in [-0.25, -0.2) is 0 Å². The summed E-state index contributed by atoms with van der Waals surface area (Å²) in [6.45, 7) is 2.56. The second-order valence-electron chi connectivity index (χ2n) is 7.84. The number of nitrogens with one attached hydrogen (secondary N) is 1. The summed E-state index contributed by atoms with van der Waals surface area (Å²) in [7, 11) is 3.36. The van der Waals surface area contributed by atoms with E-state index in [1.54, 1.807) is 29.9 Å². The summed E-state index contributed by atoms with van der Waals surface area (Å²) in [5.41, 5.74) is 3.12. The highest BCUT2D eigenvalue weighted by molar-refractivity contribution is 6.37. The van der Waals surface area contributed by atoms with E-state index in [1.807, 2.05) is 32.2 Å². The van der Waals surface area contributed by atoms with Gasteiger partial charge in [-0.2, -0.15) is 0 Å². The molecule has 0 aliphatic carbocycles. The fourth-order valence-corrected chi connectivity index (χ4v) is 4.28. The molecule has 0 radical (unpaired) electrons. The van der Waals surface area contributed by atoms with E-state index in [4.69, 9.17) is 26.2 Å². The van der Waals surface area contributed by atoms with Crippen molar-refractivity contribution in [2.75, 3.05) is 20.3 Å². The summed E-state index contributed by atoms with van der Waals surface area (Å²) in [5.74, 6) is -0.575. The number of carboxylic acid groups (broad SMARTS) is 1. The number of methoxy groups -OCH3 is 1. The molecule has 1 aromatic heterocycles. The van der Waals surface area contributed by atoms with Crippen molar-refractivity contribution >= 4 is 34.4 Å². The molecule has 7 nitrogen and oxygen atoms in total. The van der Waals surface area contributed by atoms with Crippen LogP contribution in [0.15, 0.2) is 36.4 Å². The van der Waals surface area contributed by atoms with Crippen LogP contribution in [0, 0.1) is 6.92 Å². The van der Waals surface area contributed by atoms with Gasteiger partial charge >= 0.3 is 5.97 Å². The number of carboxylic acids is 1. The van der Waals surface area contributed by atoms with E-state index < -0.39 is 11.5 Å². The van der Waals surface area contributed by atoms with Crippen molar-refractivity contribution in [3.63, 3.8) is 0 Å². The molecule has 1 fully saturated rings. The lowest BCUT2D eigenvalue weighted by Gasteiger charge is -2.42. The first-order valence-corrected chi connectivity index (χ1v) is 10.2. The molecule has 1 aliphatic heterocycles. The average molecular weight is 443 g/mol. The number of aryl methyl sites for hydroxylation is 2. The molecule has 8 heteroatoms. The normalized spacial score (nSPS) is 14.8. The lowest BCUT2D eigenvalue weighted by Crippen LogP contribution is -2.59. The summed E-state index contributed by atoms with van der Waals surface area (Å²) < 4.78 is 12.5. The van der Waals surface area contributed by atoms with Crippen LogP contribution in [0.1, 0.15) is 27.2 Å². The Labute approximate surface area is 184 Å². The molecule has 2 aromatic carbocycles. The van der Waals surface area contributed by atoms with Gasteiger partial charge in [0.05, 0.1) is 37.3 Å². The number of carbonyl (C=O) groups is 2. The van der Waals surface area contributed by atoms with Gasteiger partial charge in [0.2, 0.25) is 0 Å². The lowest BCUT2D eigenvalue weighted by atomic mass is 9.85. The number of hydrogen-bond donors (Lipinski definition) is 2. The lowest BCUT2D eigenvalue weighted by molar-refractivity contribution is -0.136. The van der Waals surface area contributed by atoms with Crippen LogP contribution in [-0.4, -0.2) is 41.9 Å². The Morgan fingerprint density at radius 2 is 2.00 bits per heavy atom. The zero-order valence-electron chi connectivity index (χ0n) is 17.5. The van der Waals surface area contributed by atoms with E-state index in [1.165, 1.54) is 0 Å². The molecule has 0 saturated carbocycles. The van der Waals surface area contributed by atoms with Crippen LogP contribution in [0.25, 0.3) is 10.9 Å². The maximum atomic E-state index is 13.2. The number of rotatable bonds is 6. The minimum Gasteiger partial charge on any atom is -0.495 e. The van der Waals surface area contributed by atoms with E-state index in [9.17, 15) is 9.59 Å². The largest absolute Gasteiger partial charge is 0.495 e. The molecular formula is C23H23ClN2O5. The maximum absolute atomic E-state index is 13.2. The molecule has 4 rings (SSSR count). The van der Waals surface area contributed by atoms with Crippen LogP contribution in [0.5, 0.6) is 5.75 Å². The van der Waals surface area contributed by atoms with E-state index in [2.05, 4.69) is 5.32 Å². The smallest absolute Gasteiger partial charge is 0.307 e. The third-order valence-electron chi connectivity index (χ3n) is 5.86. The standard InChI is InChI=1S/C23H23ClN2O5/c1-13-8-15(5-4-14(13)9-20(27)28)23(11-31-12-23)25-22(29)18-10-16-17(26(18)2)6-7-19(30-3)21(16)24/h4-8,10H,9,11-12H2,1-3H3,(H,25,29)(H,27,28). The van der Waals surface area contributed by atoms with Crippen LogP contribution in [0.3, 0.4) is 0 Å². The number of benzene rings is 2. The molecule has 0 spiro atoms. The Bertz CT molecular complexity index is 1200. The van der Waals surface area contributed by atoms with Crippen molar-refractivity contribution < 1.29 is 24.2 Å². The summed E-state index contributed by atoms with van der Waals surface area (Å²) in [5, 5.41) is 13.4. The van der Waals surface area contributed by atoms with Gasteiger partial charge in [-0.15, -0.1) is 0 Å². The highest BCUT2D eigenvalue weighted by Gasteiger charge is 2.42. The van der Waals surface area contributed by atoms with Gasteiger partial charge in [0.15, 0.2) is 0 Å². The Morgan fingerprint density at radius 3 is 2.58 bits per heavy atom. The minimum absolute atomic E-state index is 0.0396. The summed E-state index contributed by atoms with van der Waals surface area (Å²) >= 11 is 6.44. The SMILES string of the molecule is COc1ccc2c(cc(C(=O)NC3(c4ccc(CC(=O)O)c(C)c4)COC3)n2C)c1Cl. The predicted molar refractivity (Wildman–Crippen MR) is 117 cm³/mol. The van der Waals surface area contributed by atoms with Gasteiger partial charge in [0.1, 0.15) is 17.0 Å². The molecule has 31 heavy (non-hydrogen) atoms. The Hall–Kier alpha value is -3.03. The fraction of sp³-hybridized carbons (Fsp3) is 0.304. The summed E-state index contributed by atoms with van der Waals surface area (Å²) in [4.78, 5) is 24.3. The van der Waals surface area contributed by atoms with Crippen LogP contribution < -0.4 is 10.1 Å². The van der Waals surface area contributed by atoms with Crippen molar-refractivity contribution in [3.8, 4) is 5.75 Å². The highest BCUT2D eigenvalue weighted by Crippen LogP contribution is 2.35. The topological polar surface area (TPSA) is 89.8 Å². The van der Waals surface area contributed by atoms with Crippen molar-refractivity contribution in [3.05, 3.63) is 63.8 Å². The number of halogens is 1. The minimum atomic E-state index is -0.878. The number of ether oxygens (including phenoxy) is 2. The third kappa shape index (κ3) is 3.64. The number of amides is 1. The number of aromatic nitrogens is 1. The predicted octanol–water partition coefficient (Wildman–Crippen LogP) is 3.43. The zero-order valence-corrected chi connectivity index (χ0v) is 18.2. The van der Waals surface area contributed by atoms with Gasteiger partial charge in [-0.05, 0) is 41.8 Å². The number of hydrogen-bond acceptors (Lipinski definition) is 4. The van der Waals surface area contributed by atoms with Crippen LogP contribution in [0.2, 0.25) is 5.02 Å². The maximum Gasteiger partial charge on any atom is 0.307 e. The highest BCUT2D eigenvalue weighted by atomic mass is 35.5. The Kier molecular flexibility index (Phi) is 5.41. The monoisotopic (exact) mass is 442 g/mol. The number of aliphatic carboxylic acids is 1. The Balaban J connectivity index is 1.66. The number of fused-ring (bicyclic) bond motifs is 1. The second-order valence-corrected chi connectivity index (χ2v) is 8.22. The van der Waals surface area contributed by atoms with Crippen molar-refractivity contribution in [2.45, 2.75) is 18.9 Å². The van der Waals surface area contributed by atoms with E-state index in [0.717, 1.165) is 27.6 Å². The molecule has 162 valence electrons. The fourth-order valence-electron chi connectivity index (χ4n) is 3.98. The molecule has 2 N–H and O–H groups in total. The summed E-state index contributed by atoms with van der Waals surface area (Å²) in [6.07, 6.45) is -0.0396. The van der Waals surface area contributed by atoms with E-state index >= 15 is 0 Å². The molecule has 3 aromatic rings. The second kappa shape index (κ2) is 7.90. The molecule has 1 saturated heterocycles. The van der Waals surface area contributed by atoms with Crippen molar-refractivity contribution in [1.29, 1.82) is 0 Å². The molecule has 1 amide bonds. The van der Waals surface area contributed by atoms with Crippen molar-refractivity contribution in [2.24, 2.45) is 7.05 Å². The quantitative estimate of drug-likeness (QED) is 0.610. The molecule has 0 bridgehead atoms. The summed E-state index contributed by atoms with van der Waals surface area (Å²) in [6, 6.07) is 11.0. The molecule has 1 aliphatic rings. The number of nitrogens with zero attached hydrogens (tertiary/aromatic N) is 1. The number of carbonyl (C=O) groups excluding carboxylic acids is 1. The zero-order chi connectivity index (χ0) is 22.3.